The van der Waals surface area contributed by atoms with Gasteiger partial charge in [0.05, 0.1) is 11.3 Å². The lowest BCUT2D eigenvalue weighted by Crippen LogP contribution is -2.56. The fraction of sp³-hybridized carbons (Fsp3) is 0.556. The van der Waals surface area contributed by atoms with Gasteiger partial charge in [-0.3, -0.25) is 4.79 Å². The first kappa shape index (κ1) is 14.8. The molecule has 4 bridgehead atoms. The number of nitrogens with one attached hydrogen (secondary N) is 2. The van der Waals surface area contributed by atoms with Crippen LogP contribution in [0.25, 0.3) is 11.0 Å². The molecule has 0 spiro atoms. The number of pyridine rings is 1. The fourth-order valence-corrected chi connectivity index (χ4v) is 6.97. The Balaban J connectivity index is 1.54. The van der Waals surface area contributed by atoms with E-state index in [9.17, 15) is 4.79 Å². The third-order valence-corrected chi connectivity index (χ3v) is 7.33. The highest BCUT2D eigenvalue weighted by Crippen LogP contribution is 2.59. The Morgan fingerprint density at radius 2 is 2.08 bits per heavy atom. The number of amides is 1. The highest BCUT2D eigenvalue weighted by Gasteiger charge is 2.54. The number of carbonyl (C=O) groups is 1. The van der Waals surface area contributed by atoms with Gasteiger partial charge in [-0.2, -0.15) is 0 Å². The Hall–Kier alpha value is -1.56. The van der Waals surface area contributed by atoms with Crippen molar-refractivity contribution in [1.29, 1.82) is 0 Å². The van der Waals surface area contributed by atoms with Crippen molar-refractivity contribution >= 4 is 38.6 Å². The Morgan fingerprint density at radius 1 is 1.33 bits per heavy atom. The molecule has 4 fully saturated rings. The summed E-state index contributed by atoms with van der Waals surface area (Å²) in [6, 6.07) is 2.39. The van der Waals surface area contributed by atoms with E-state index in [2.05, 4.69) is 31.2 Å². The Labute approximate surface area is 148 Å². The number of anilines is 1. The standard InChI is InChI=1S/C18H21BrN4O/c19-18-5-9-3-10(6-18)14(11(4-9)7-18)23-15-12-1-2-21-17(12)22-8-13(15)16(20)24/h1-2,8-11,14H,3-7H2,(H2,20,24)(H2,21,22,23)/t9?,10-,11+,14-,18-. The molecule has 0 radical (unpaired) electrons. The molecular weight excluding hydrogens is 368 g/mol. The first-order valence-corrected chi connectivity index (χ1v) is 9.53. The highest BCUT2D eigenvalue weighted by atomic mass is 79.9. The molecule has 4 aliphatic carbocycles. The molecule has 4 N–H and O–H groups in total. The first-order chi connectivity index (χ1) is 11.5. The van der Waals surface area contributed by atoms with Crippen molar-refractivity contribution in [2.75, 3.05) is 5.32 Å². The molecule has 5 nitrogen and oxygen atoms in total. The van der Waals surface area contributed by atoms with Crippen molar-refractivity contribution in [2.45, 2.75) is 42.5 Å². The Morgan fingerprint density at radius 3 is 2.75 bits per heavy atom. The second-order valence-electron chi connectivity index (χ2n) is 7.94. The number of rotatable bonds is 3. The lowest BCUT2D eigenvalue weighted by atomic mass is 9.54. The van der Waals surface area contributed by atoms with Crippen molar-refractivity contribution in [3.05, 3.63) is 24.0 Å². The number of halogens is 1. The molecule has 6 heteroatoms. The summed E-state index contributed by atoms with van der Waals surface area (Å²) in [6.45, 7) is 0. The van der Waals surface area contributed by atoms with E-state index in [1.165, 1.54) is 32.1 Å². The first-order valence-electron chi connectivity index (χ1n) is 8.74. The molecule has 2 heterocycles. The summed E-state index contributed by atoms with van der Waals surface area (Å²) in [6.07, 6.45) is 9.83. The molecule has 24 heavy (non-hydrogen) atoms. The molecule has 6 rings (SSSR count). The van der Waals surface area contributed by atoms with E-state index in [0.717, 1.165) is 22.6 Å². The van der Waals surface area contributed by atoms with Crippen LogP contribution in [0.1, 0.15) is 42.5 Å². The number of aromatic amines is 1. The summed E-state index contributed by atoms with van der Waals surface area (Å²) < 4.78 is 0.357. The third-order valence-electron chi connectivity index (χ3n) is 6.36. The number of nitrogens with two attached hydrogens (primary N) is 1. The average Bonchev–Trinajstić information content (AvgIpc) is 2.97. The third kappa shape index (κ3) is 2.11. The zero-order valence-corrected chi connectivity index (χ0v) is 15.0. The number of nitrogens with zero attached hydrogens (tertiary/aromatic N) is 1. The number of hydrogen-bond donors (Lipinski definition) is 3. The number of aromatic nitrogens is 2. The molecule has 0 aliphatic heterocycles. The second-order valence-corrected chi connectivity index (χ2v) is 9.62. The number of carbonyl (C=O) groups excluding carboxylic acids is 1. The van der Waals surface area contributed by atoms with Crippen LogP contribution in [0, 0.1) is 17.8 Å². The maximum Gasteiger partial charge on any atom is 0.252 e. The number of primary amides is 1. The number of H-pyrrole nitrogens is 1. The van der Waals surface area contributed by atoms with Crippen molar-refractivity contribution < 1.29 is 4.79 Å². The molecule has 1 unspecified atom stereocenters. The predicted octanol–water partition coefficient (Wildman–Crippen LogP) is 3.42. The van der Waals surface area contributed by atoms with Gasteiger partial charge < -0.3 is 16.0 Å². The van der Waals surface area contributed by atoms with Crippen LogP contribution < -0.4 is 11.1 Å². The zero-order valence-electron chi connectivity index (χ0n) is 13.4. The van der Waals surface area contributed by atoms with Gasteiger partial charge in [-0.05, 0) is 55.9 Å². The summed E-state index contributed by atoms with van der Waals surface area (Å²) in [7, 11) is 0. The lowest BCUT2D eigenvalue weighted by Gasteiger charge is -2.58. The quantitative estimate of drug-likeness (QED) is 0.704. The van der Waals surface area contributed by atoms with Gasteiger partial charge in [0.1, 0.15) is 5.65 Å². The largest absolute Gasteiger partial charge is 0.380 e. The van der Waals surface area contributed by atoms with Gasteiger partial charge in [-0.15, -0.1) is 0 Å². The van der Waals surface area contributed by atoms with Crippen LogP contribution in [0.5, 0.6) is 0 Å². The minimum absolute atomic E-state index is 0.357. The molecule has 0 aromatic carbocycles. The van der Waals surface area contributed by atoms with E-state index in [1.807, 2.05) is 12.3 Å². The highest BCUT2D eigenvalue weighted by molar-refractivity contribution is 9.10. The predicted molar refractivity (Wildman–Crippen MR) is 97.2 cm³/mol. The summed E-state index contributed by atoms with van der Waals surface area (Å²) in [5, 5.41) is 4.69. The average molecular weight is 389 g/mol. The van der Waals surface area contributed by atoms with Gasteiger partial charge in [0.15, 0.2) is 0 Å². The van der Waals surface area contributed by atoms with Crippen LogP contribution in [0.3, 0.4) is 0 Å². The van der Waals surface area contributed by atoms with Crippen LogP contribution in [-0.4, -0.2) is 26.2 Å². The molecular formula is C18H21BrN4O. The van der Waals surface area contributed by atoms with E-state index in [0.29, 0.717) is 27.8 Å². The van der Waals surface area contributed by atoms with E-state index >= 15 is 0 Å². The van der Waals surface area contributed by atoms with Crippen molar-refractivity contribution in [1.82, 2.24) is 9.97 Å². The summed E-state index contributed by atoms with van der Waals surface area (Å²) in [5.41, 5.74) is 7.75. The van der Waals surface area contributed by atoms with Crippen LogP contribution >= 0.6 is 15.9 Å². The number of fused-ring (bicyclic) bond motifs is 1. The van der Waals surface area contributed by atoms with Gasteiger partial charge in [0, 0.05) is 28.1 Å². The molecule has 0 saturated heterocycles. The summed E-state index contributed by atoms with van der Waals surface area (Å²) in [4.78, 5) is 19.3. The molecule has 4 aliphatic rings. The normalized spacial score (nSPS) is 37.0. The maximum absolute atomic E-state index is 11.9. The number of alkyl halides is 1. The van der Waals surface area contributed by atoms with E-state index < -0.39 is 5.91 Å². The van der Waals surface area contributed by atoms with Gasteiger partial charge in [0.2, 0.25) is 0 Å². The minimum atomic E-state index is -0.422. The minimum Gasteiger partial charge on any atom is -0.380 e. The van der Waals surface area contributed by atoms with Crippen molar-refractivity contribution in [3.63, 3.8) is 0 Å². The molecule has 5 atom stereocenters. The molecule has 2 aromatic rings. The van der Waals surface area contributed by atoms with E-state index in [4.69, 9.17) is 5.73 Å². The summed E-state index contributed by atoms with van der Waals surface area (Å²) in [5.74, 6) is 1.77. The molecule has 4 saturated carbocycles. The summed E-state index contributed by atoms with van der Waals surface area (Å²) >= 11 is 4.02. The van der Waals surface area contributed by atoms with Crippen LogP contribution in [-0.2, 0) is 0 Å². The van der Waals surface area contributed by atoms with Crippen LogP contribution in [0.15, 0.2) is 18.5 Å². The Kier molecular flexibility index (Phi) is 3.06. The SMILES string of the molecule is NC(=O)c1cnc2[nH]ccc2c1N[C@@H]1[C@@H]2CC3C[C@H]1C[C@@](Br)(C3)C2. The fourth-order valence-electron chi connectivity index (χ4n) is 5.68. The van der Waals surface area contributed by atoms with Crippen molar-refractivity contribution in [2.24, 2.45) is 23.5 Å². The van der Waals surface area contributed by atoms with Crippen LogP contribution in [0.4, 0.5) is 5.69 Å². The molecule has 1 amide bonds. The van der Waals surface area contributed by atoms with Crippen molar-refractivity contribution in [3.8, 4) is 0 Å². The molecule has 126 valence electrons. The van der Waals surface area contributed by atoms with Gasteiger partial charge in [-0.1, -0.05) is 15.9 Å². The molecule has 2 aromatic heterocycles. The van der Waals surface area contributed by atoms with E-state index in [1.54, 1.807) is 6.20 Å². The van der Waals surface area contributed by atoms with Gasteiger partial charge in [-0.25, -0.2) is 4.98 Å². The zero-order chi connectivity index (χ0) is 16.5. The number of hydrogen-bond acceptors (Lipinski definition) is 3. The second kappa shape index (κ2) is 4.97. The monoisotopic (exact) mass is 388 g/mol. The lowest BCUT2D eigenvalue weighted by molar-refractivity contribution is 0.0281. The van der Waals surface area contributed by atoms with E-state index in [-0.39, 0.29) is 0 Å². The van der Waals surface area contributed by atoms with Crippen LogP contribution in [0.2, 0.25) is 0 Å². The smallest absolute Gasteiger partial charge is 0.252 e. The topological polar surface area (TPSA) is 83.8 Å². The van der Waals surface area contributed by atoms with Gasteiger partial charge in [0.25, 0.3) is 5.91 Å². The van der Waals surface area contributed by atoms with Gasteiger partial charge >= 0.3 is 0 Å². The Bertz CT molecular complexity index is 816. The maximum atomic E-state index is 11.9.